The van der Waals surface area contributed by atoms with Crippen LogP contribution in [0.15, 0.2) is 24.4 Å². The lowest BCUT2D eigenvalue weighted by atomic mass is 10.1. The van der Waals surface area contributed by atoms with Gasteiger partial charge in [-0.05, 0) is 24.6 Å². The van der Waals surface area contributed by atoms with E-state index in [1.807, 2.05) is 0 Å². The van der Waals surface area contributed by atoms with Crippen LogP contribution in [-0.4, -0.2) is 38.2 Å². The monoisotopic (exact) mass is 383 g/mol. The molecule has 1 N–H and O–H groups in total. The van der Waals surface area contributed by atoms with E-state index in [1.54, 1.807) is 4.57 Å². The van der Waals surface area contributed by atoms with Crippen LogP contribution in [0.2, 0.25) is 0 Å². The minimum absolute atomic E-state index is 0.0632. The molecule has 0 radical (unpaired) electrons. The number of rotatable bonds is 3. The highest BCUT2D eigenvalue weighted by atomic mass is 19.4. The van der Waals surface area contributed by atoms with Gasteiger partial charge in [0.05, 0.1) is 12.1 Å². The van der Waals surface area contributed by atoms with Gasteiger partial charge in [0.25, 0.3) is 0 Å². The Morgan fingerprint density at radius 2 is 2.00 bits per heavy atom. The van der Waals surface area contributed by atoms with Crippen molar-refractivity contribution in [2.75, 3.05) is 6.54 Å². The fourth-order valence-corrected chi connectivity index (χ4v) is 2.86. The maximum Gasteiger partial charge on any atom is 0.416 e. The molecule has 0 bridgehead atoms. The molecule has 0 atom stereocenters. The first-order valence-corrected chi connectivity index (χ1v) is 8.02. The fourth-order valence-electron chi connectivity index (χ4n) is 2.86. The van der Waals surface area contributed by atoms with Crippen LogP contribution in [0.4, 0.5) is 18.0 Å². The number of carboxylic acid groups (broad SMARTS) is 1. The molecule has 2 heterocycles. The van der Waals surface area contributed by atoms with E-state index in [9.17, 15) is 22.8 Å². The zero-order valence-electron chi connectivity index (χ0n) is 14.3. The smallest absolute Gasteiger partial charge is 0.416 e. The highest BCUT2D eigenvalue weighted by molar-refractivity contribution is 5.85. The number of alkyl halides is 3. The number of amides is 1. The lowest BCUT2D eigenvalue weighted by Crippen LogP contribution is -2.38. The number of carbonyl (C=O) groups excluding carboxylic acids is 1. The third-order valence-electron chi connectivity index (χ3n) is 4.11. The number of aromatic carboxylic acids is 1. The summed E-state index contributed by atoms with van der Waals surface area (Å²) < 4.78 is 45.4. The molecule has 0 saturated heterocycles. The molecular formula is C17H16F3N3O4. The van der Waals surface area contributed by atoms with Gasteiger partial charge in [0.15, 0.2) is 5.69 Å². The molecule has 1 aromatic carbocycles. The van der Waals surface area contributed by atoms with Crippen LogP contribution in [0, 0.1) is 6.92 Å². The van der Waals surface area contributed by atoms with Gasteiger partial charge in [-0.2, -0.15) is 13.2 Å². The molecule has 1 amide bonds. The van der Waals surface area contributed by atoms with E-state index in [1.165, 1.54) is 24.1 Å². The SMILES string of the molecule is Cc1cc(COC(=O)N2CCn3cc(C(=O)O)nc3C2)cc(C(F)(F)F)c1. The molecule has 0 saturated carbocycles. The normalized spacial score (nSPS) is 14.0. The largest absolute Gasteiger partial charge is 0.476 e. The number of carboxylic acids is 1. The Hall–Kier alpha value is -3.04. The van der Waals surface area contributed by atoms with Gasteiger partial charge in [-0.15, -0.1) is 0 Å². The number of ether oxygens (including phenoxy) is 1. The zero-order valence-corrected chi connectivity index (χ0v) is 14.3. The van der Waals surface area contributed by atoms with E-state index < -0.39 is 23.8 Å². The molecule has 1 aromatic heterocycles. The van der Waals surface area contributed by atoms with Gasteiger partial charge in [0, 0.05) is 19.3 Å². The van der Waals surface area contributed by atoms with Crippen molar-refractivity contribution in [2.24, 2.45) is 0 Å². The van der Waals surface area contributed by atoms with Crippen molar-refractivity contribution in [2.45, 2.75) is 32.8 Å². The summed E-state index contributed by atoms with van der Waals surface area (Å²) in [7, 11) is 0. The molecule has 10 heteroatoms. The van der Waals surface area contributed by atoms with Crippen molar-refractivity contribution in [1.29, 1.82) is 0 Å². The second kappa shape index (κ2) is 6.93. The second-order valence-corrected chi connectivity index (χ2v) is 6.22. The van der Waals surface area contributed by atoms with Gasteiger partial charge in [-0.3, -0.25) is 4.90 Å². The number of aryl methyl sites for hydroxylation is 1. The lowest BCUT2D eigenvalue weighted by molar-refractivity contribution is -0.137. The standard InChI is InChI=1S/C17H16F3N3O4/c1-10-4-11(6-12(5-10)17(18,19)20)9-27-16(26)23-3-2-22-7-13(15(24)25)21-14(22)8-23/h4-7H,2-3,8-9H2,1H3,(H,24,25). The Kier molecular flexibility index (Phi) is 4.81. The van der Waals surface area contributed by atoms with Crippen LogP contribution >= 0.6 is 0 Å². The van der Waals surface area contributed by atoms with E-state index in [-0.39, 0.29) is 31.0 Å². The van der Waals surface area contributed by atoms with Gasteiger partial charge in [-0.1, -0.05) is 11.6 Å². The van der Waals surface area contributed by atoms with E-state index in [0.29, 0.717) is 17.9 Å². The third-order valence-corrected chi connectivity index (χ3v) is 4.11. The summed E-state index contributed by atoms with van der Waals surface area (Å²) in [6.45, 7) is 1.93. The predicted octanol–water partition coefficient (Wildman–Crippen LogP) is 3.06. The topological polar surface area (TPSA) is 84.7 Å². The van der Waals surface area contributed by atoms with Gasteiger partial charge in [0.2, 0.25) is 0 Å². The van der Waals surface area contributed by atoms with Crippen molar-refractivity contribution in [3.8, 4) is 0 Å². The van der Waals surface area contributed by atoms with Crippen LogP contribution in [0.1, 0.15) is 33.0 Å². The molecule has 1 aliphatic heterocycles. The molecule has 0 unspecified atom stereocenters. The fraction of sp³-hybridized carbons (Fsp3) is 0.353. The Labute approximate surface area is 152 Å². The summed E-state index contributed by atoms with van der Waals surface area (Å²) in [5.74, 6) is -0.753. The first-order valence-electron chi connectivity index (χ1n) is 8.02. The molecule has 0 spiro atoms. The molecule has 0 aliphatic carbocycles. The summed E-state index contributed by atoms with van der Waals surface area (Å²) in [5, 5.41) is 8.96. The quantitative estimate of drug-likeness (QED) is 0.881. The number of carbonyl (C=O) groups is 2. The van der Waals surface area contributed by atoms with Crippen LogP contribution in [-0.2, 0) is 30.6 Å². The summed E-state index contributed by atoms with van der Waals surface area (Å²) in [6.07, 6.45) is -3.78. The molecule has 1 aliphatic rings. The summed E-state index contributed by atoms with van der Waals surface area (Å²) in [4.78, 5) is 28.4. The number of fused-ring (bicyclic) bond motifs is 1. The Morgan fingerprint density at radius 1 is 1.26 bits per heavy atom. The van der Waals surface area contributed by atoms with Gasteiger partial charge in [0.1, 0.15) is 12.4 Å². The molecule has 7 nitrogen and oxygen atoms in total. The number of hydrogen-bond acceptors (Lipinski definition) is 4. The Morgan fingerprint density at radius 3 is 2.67 bits per heavy atom. The van der Waals surface area contributed by atoms with Crippen molar-refractivity contribution in [3.05, 3.63) is 52.6 Å². The van der Waals surface area contributed by atoms with Gasteiger partial charge < -0.3 is 14.4 Å². The van der Waals surface area contributed by atoms with E-state index >= 15 is 0 Å². The number of hydrogen-bond donors (Lipinski definition) is 1. The third kappa shape index (κ3) is 4.21. The van der Waals surface area contributed by atoms with Gasteiger partial charge in [-0.25, -0.2) is 14.6 Å². The maximum absolute atomic E-state index is 12.9. The van der Waals surface area contributed by atoms with E-state index in [4.69, 9.17) is 9.84 Å². The second-order valence-electron chi connectivity index (χ2n) is 6.22. The summed E-state index contributed by atoms with van der Waals surface area (Å²) >= 11 is 0. The first-order chi connectivity index (χ1) is 12.6. The zero-order chi connectivity index (χ0) is 19.8. The number of aromatic nitrogens is 2. The number of halogens is 3. The highest BCUT2D eigenvalue weighted by Gasteiger charge is 2.31. The van der Waals surface area contributed by atoms with Crippen molar-refractivity contribution in [1.82, 2.24) is 14.5 Å². The molecule has 27 heavy (non-hydrogen) atoms. The molecule has 0 fully saturated rings. The molecule has 2 aromatic rings. The summed E-state index contributed by atoms with van der Waals surface area (Å²) in [6, 6.07) is 3.49. The average molecular weight is 383 g/mol. The molecular weight excluding hydrogens is 367 g/mol. The first kappa shape index (κ1) is 18.7. The number of imidazole rings is 1. The minimum atomic E-state index is -4.48. The van der Waals surface area contributed by atoms with Crippen molar-refractivity contribution < 1.29 is 32.6 Å². The van der Waals surface area contributed by atoms with E-state index in [2.05, 4.69) is 4.98 Å². The average Bonchev–Trinajstić information content (AvgIpc) is 3.02. The number of benzene rings is 1. The Balaban J connectivity index is 1.65. The summed E-state index contributed by atoms with van der Waals surface area (Å²) in [5.41, 5.74) is -0.256. The molecule has 3 rings (SSSR count). The highest BCUT2D eigenvalue weighted by Crippen LogP contribution is 2.30. The minimum Gasteiger partial charge on any atom is -0.476 e. The van der Waals surface area contributed by atoms with Crippen LogP contribution in [0.25, 0.3) is 0 Å². The number of nitrogens with zero attached hydrogens (tertiary/aromatic N) is 3. The lowest BCUT2D eigenvalue weighted by Gasteiger charge is -2.26. The van der Waals surface area contributed by atoms with Gasteiger partial charge >= 0.3 is 18.2 Å². The van der Waals surface area contributed by atoms with Crippen molar-refractivity contribution >= 4 is 12.1 Å². The van der Waals surface area contributed by atoms with Crippen LogP contribution in [0.3, 0.4) is 0 Å². The Bertz CT molecular complexity index is 892. The van der Waals surface area contributed by atoms with E-state index in [0.717, 1.165) is 12.1 Å². The maximum atomic E-state index is 12.9. The van der Waals surface area contributed by atoms with Crippen LogP contribution in [0.5, 0.6) is 0 Å². The predicted molar refractivity (Wildman–Crippen MR) is 86.0 cm³/mol. The van der Waals surface area contributed by atoms with Crippen molar-refractivity contribution in [3.63, 3.8) is 0 Å². The molecule has 144 valence electrons. The van der Waals surface area contributed by atoms with Crippen LogP contribution < -0.4 is 0 Å².